The van der Waals surface area contributed by atoms with Gasteiger partial charge < -0.3 is 14.7 Å². The zero-order valence-corrected chi connectivity index (χ0v) is 16.4. The van der Waals surface area contributed by atoms with E-state index in [9.17, 15) is 14.7 Å². The highest BCUT2D eigenvalue weighted by Crippen LogP contribution is 2.40. The quantitative estimate of drug-likeness (QED) is 0.451. The van der Waals surface area contributed by atoms with Crippen LogP contribution in [0.5, 0.6) is 5.75 Å². The summed E-state index contributed by atoms with van der Waals surface area (Å²) < 4.78 is 5.19. The minimum atomic E-state index is -0.712. The van der Waals surface area contributed by atoms with Gasteiger partial charge in [-0.05, 0) is 36.2 Å². The molecule has 0 spiro atoms. The number of methoxy groups -OCH3 is 1. The van der Waals surface area contributed by atoms with E-state index in [1.165, 1.54) is 18.1 Å². The molecule has 0 bridgehead atoms. The Morgan fingerprint density at radius 3 is 2.75 bits per heavy atom. The van der Waals surface area contributed by atoms with Gasteiger partial charge in [0.1, 0.15) is 11.5 Å². The molecule has 2 heterocycles. The first-order valence-corrected chi connectivity index (χ1v) is 9.39. The molecule has 1 fully saturated rings. The van der Waals surface area contributed by atoms with Crippen LogP contribution < -0.4 is 4.74 Å². The van der Waals surface area contributed by atoms with E-state index in [2.05, 4.69) is 4.98 Å². The number of amides is 1. The van der Waals surface area contributed by atoms with Crippen molar-refractivity contribution >= 4 is 29.1 Å². The minimum absolute atomic E-state index is 0.0403. The molecule has 1 N–H and O–H groups in total. The van der Waals surface area contributed by atoms with Crippen molar-refractivity contribution in [2.24, 2.45) is 0 Å². The summed E-state index contributed by atoms with van der Waals surface area (Å²) in [6, 6.07) is 7.53. The smallest absolute Gasteiger partial charge is 0.295 e. The first kappa shape index (κ1) is 19.9. The van der Waals surface area contributed by atoms with Gasteiger partial charge in [-0.1, -0.05) is 31.0 Å². The van der Waals surface area contributed by atoms with E-state index in [0.717, 1.165) is 12.8 Å². The number of ether oxygens (including phenoxy) is 1. The number of ketones is 1. The molecule has 28 heavy (non-hydrogen) atoms. The number of benzene rings is 1. The Morgan fingerprint density at radius 2 is 2.11 bits per heavy atom. The van der Waals surface area contributed by atoms with E-state index in [1.807, 2.05) is 6.92 Å². The molecular formula is C21H21ClN2O4. The average molecular weight is 401 g/mol. The average Bonchev–Trinajstić information content (AvgIpc) is 2.97. The Morgan fingerprint density at radius 1 is 1.32 bits per heavy atom. The Hall–Kier alpha value is -2.86. The third-order valence-corrected chi connectivity index (χ3v) is 5.03. The van der Waals surface area contributed by atoms with Crippen molar-refractivity contribution in [3.8, 4) is 5.75 Å². The summed E-state index contributed by atoms with van der Waals surface area (Å²) in [6.07, 6.45) is 4.84. The van der Waals surface area contributed by atoms with E-state index in [-0.39, 0.29) is 11.3 Å². The standard InChI is InChI=1S/C21H21ClN2O4/c1-3-4-10-24-18(14-6-5-9-23-12-14)17(20(26)21(24)27)19(25)13-7-8-15(22)16(11-13)28-2/h5-9,11-12,18,25H,3-4,10H2,1-2H3/b19-17-. The van der Waals surface area contributed by atoms with Gasteiger partial charge in [-0.2, -0.15) is 0 Å². The van der Waals surface area contributed by atoms with Crippen molar-refractivity contribution in [1.82, 2.24) is 9.88 Å². The summed E-state index contributed by atoms with van der Waals surface area (Å²) in [5.74, 6) is -1.23. The number of carbonyl (C=O) groups is 2. The number of hydrogen-bond donors (Lipinski definition) is 1. The second kappa shape index (κ2) is 8.44. The van der Waals surface area contributed by atoms with Crippen molar-refractivity contribution in [1.29, 1.82) is 0 Å². The summed E-state index contributed by atoms with van der Waals surface area (Å²) in [7, 11) is 1.46. The molecule has 1 aromatic heterocycles. The number of Topliss-reactive ketones (excluding diaryl/α,β-unsaturated/α-hetero) is 1. The number of carbonyl (C=O) groups excluding carboxylic acids is 2. The molecule has 7 heteroatoms. The largest absolute Gasteiger partial charge is 0.507 e. The summed E-state index contributed by atoms with van der Waals surface area (Å²) >= 11 is 6.06. The van der Waals surface area contributed by atoms with E-state index < -0.39 is 17.7 Å². The molecule has 1 saturated heterocycles. The number of hydrogen-bond acceptors (Lipinski definition) is 5. The molecule has 1 unspecified atom stereocenters. The van der Waals surface area contributed by atoms with Gasteiger partial charge in [0.25, 0.3) is 11.7 Å². The van der Waals surface area contributed by atoms with Crippen LogP contribution in [0.25, 0.3) is 5.76 Å². The van der Waals surface area contributed by atoms with Crippen molar-refractivity contribution in [3.63, 3.8) is 0 Å². The SMILES string of the molecule is CCCCN1C(=O)C(=O)/C(=C(\O)c2ccc(Cl)c(OC)c2)C1c1cccnc1. The van der Waals surface area contributed by atoms with E-state index in [1.54, 1.807) is 36.7 Å². The maximum absolute atomic E-state index is 12.8. The number of aromatic nitrogens is 1. The first-order valence-electron chi connectivity index (χ1n) is 9.01. The summed E-state index contributed by atoms with van der Waals surface area (Å²) in [4.78, 5) is 31.1. The Kier molecular flexibility index (Phi) is 5.99. The van der Waals surface area contributed by atoms with Gasteiger partial charge >= 0.3 is 0 Å². The molecule has 1 amide bonds. The molecule has 146 valence electrons. The normalized spacial score (nSPS) is 18.5. The lowest BCUT2D eigenvalue weighted by atomic mass is 9.96. The van der Waals surface area contributed by atoms with Crippen molar-refractivity contribution < 1.29 is 19.4 Å². The first-order chi connectivity index (χ1) is 13.5. The van der Waals surface area contributed by atoms with Gasteiger partial charge in [0.2, 0.25) is 0 Å². The summed E-state index contributed by atoms with van der Waals surface area (Å²) in [5, 5.41) is 11.3. The molecule has 1 aromatic carbocycles. The molecule has 0 saturated carbocycles. The van der Waals surface area contributed by atoms with Crippen LogP contribution in [0.3, 0.4) is 0 Å². The molecule has 1 aliphatic heterocycles. The maximum atomic E-state index is 12.8. The van der Waals surface area contributed by atoms with Crippen LogP contribution >= 0.6 is 11.6 Å². The van der Waals surface area contributed by atoms with Crippen LogP contribution in [0.4, 0.5) is 0 Å². The Balaban J connectivity index is 2.16. The van der Waals surface area contributed by atoms with E-state index >= 15 is 0 Å². The zero-order chi connectivity index (χ0) is 20.3. The number of aliphatic hydroxyl groups excluding tert-OH is 1. The van der Waals surface area contributed by atoms with Gasteiger partial charge in [-0.3, -0.25) is 14.6 Å². The second-order valence-electron chi connectivity index (χ2n) is 6.48. The number of rotatable bonds is 6. The third-order valence-electron chi connectivity index (χ3n) is 4.72. The number of likely N-dealkylation sites (tertiary alicyclic amines) is 1. The molecule has 0 radical (unpaired) electrons. The molecule has 6 nitrogen and oxygen atoms in total. The van der Waals surface area contributed by atoms with Crippen molar-refractivity contribution in [3.05, 3.63) is 64.4 Å². The fourth-order valence-electron chi connectivity index (χ4n) is 3.29. The van der Waals surface area contributed by atoms with Crippen LogP contribution in [0.2, 0.25) is 5.02 Å². The summed E-state index contributed by atoms with van der Waals surface area (Å²) in [5.41, 5.74) is 1.06. The predicted molar refractivity (Wildman–Crippen MR) is 106 cm³/mol. The van der Waals surface area contributed by atoms with Crippen molar-refractivity contribution in [2.45, 2.75) is 25.8 Å². The second-order valence-corrected chi connectivity index (χ2v) is 6.89. The third kappa shape index (κ3) is 3.60. The van der Waals surface area contributed by atoms with Gasteiger partial charge in [0.15, 0.2) is 0 Å². The van der Waals surface area contributed by atoms with E-state index in [0.29, 0.717) is 28.4 Å². The van der Waals surface area contributed by atoms with Crippen molar-refractivity contribution in [2.75, 3.05) is 13.7 Å². The molecular weight excluding hydrogens is 380 g/mol. The number of halogens is 1. The molecule has 1 atom stereocenters. The highest BCUT2D eigenvalue weighted by Gasteiger charge is 2.45. The van der Waals surface area contributed by atoms with E-state index in [4.69, 9.17) is 16.3 Å². The highest BCUT2D eigenvalue weighted by molar-refractivity contribution is 6.46. The lowest BCUT2D eigenvalue weighted by molar-refractivity contribution is -0.139. The van der Waals surface area contributed by atoms with Gasteiger partial charge in [-0.25, -0.2) is 0 Å². The molecule has 1 aliphatic rings. The number of pyridine rings is 1. The van der Waals surface area contributed by atoms with Crippen LogP contribution in [0.1, 0.15) is 36.9 Å². The minimum Gasteiger partial charge on any atom is -0.507 e. The zero-order valence-electron chi connectivity index (χ0n) is 15.7. The van der Waals surface area contributed by atoms with Crippen LogP contribution in [0.15, 0.2) is 48.3 Å². The maximum Gasteiger partial charge on any atom is 0.295 e. The van der Waals surface area contributed by atoms with Crippen LogP contribution in [0, 0.1) is 0 Å². The van der Waals surface area contributed by atoms with Gasteiger partial charge in [0.05, 0.1) is 23.7 Å². The molecule has 3 rings (SSSR count). The number of nitrogens with zero attached hydrogens (tertiary/aromatic N) is 2. The van der Waals surface area contributed by atoms with Gasteiger partial charge in [-0.15, -0.1) is 0 Å². The van der Waals surface area contributed by atoms with Crippen LogP contribution in [-0.2, 0) is 9.59 Å². The Labute approximate surface area is 168 Å². The monoisotopic (exact) mass is 400 g/mol. The van der Waals surface area contributed by atoms with Gasteiger partial charge in [0, 0.05) is 24.5 Å². The number of unbranched alkanes of at least 4 members (excludes halogenated alkanes) is 1. The summed E-state index contributed by atoms with van der Waals surface area (Å²) in [6.45, 7) is 2.43. The number of aliphatic hydroxyl groups is 1. The van der Waals surface area contributed by atoms with Crippen LogP contribution in [-0.4, -0.2) is 40.3 Å². The molecule has 0 aliphatic carbocycles. The lowest BCUT2D eigenvalue weighted by Gasteiger charge is -2.24. The topological polar surface area (TPSA) is 79.7 Å². The molecule has 2 aromatic rings. The predicted octanol–water partition coefficient (Wildman–Crippen LogP) is 3.97. The lowest BCUT2D eigenvalue weighted by Crippen LogP contribution is -2.30. The fourth-order valence-corrected chi connectivity index (χ4v) is 3.48. The highest BCUT2D eigenvalue weighted by atomic mass is 35.5. The Bertz CT molecular complexity index is 927. The fraction of sp³-hybridized carbons (Fsp3) is 0.286.